The lowest BCUT2D eigenvalue weighted by Crippen LogP contribution is -2.45. The zero-order valence-electron chi connectivity index (χ0n) is 21.5. The number of aliphatic imine (C=N–C) groups is 1. The van der Waals surface area contributed by atoms with Crippen molar-refractivity contribution in [3.8, 4) is 23.0 Å². The van der Waals surface area contributed by atoms with Crippen LogP contribution in [-0.4, -0.2) is 32.5 Å². The number of methoxy groups -OCH3 is 2. The molecule has 35 heavy (non-hydrogen) atoms. The molecule has 1 aliphatic rings. The Hall–Kier alpha value is -3.73. The molecule has 182 valence electrons. The first-order chi connectivity index (χ1) is 16.8. The summed E-state index contributed by atoms with van der Waals surface area (Å²) < 4.78 is 17.0. The van der Waals surface area contributed by atoms with E-state index in [1.54, 1.807) is 14.2 Å². The van der Waals surface area contributed by atoms with Crippen molar-refractivity contribution < 1.29 is 14.2 Å². The summed E-state index contributed by atoms with van der Waals surface area (Å²) in [5.41, 5.74) is 5.46. The van der Waals surface area contributed by atoms with Crippen LogP contribution >= 0.6 is 0 Å². The minimum atomic E-state index is -0.0393. The Morgan fingerprint density at radius 1 is 0.914 bits per heavy atom. The lowest BCUT2D eigenvalue weighted by Gasteiger charge is -2.43. The Kier molecular flexibility index (Phi) is 7.15. The third kappa shape index (κ3) is 5.35. The van der Waals surface area contributed by atoms with E-state index in [2.05, 4.69) is 50.8 Å². The molecule has 0 fully saturated rings. The van der Waals surface area contributed by atoms with Crippen LogP contribution in [0.4, 0.5) is 11.4 Å². The van der Waals surface area contributed by atoms with Crippen molar-refractivity contribution >= 4 is 23.2 Å². The highest BCUT2D eigenvalue weighted by Crippen LogP contribution is 2.42. The van der Waals surface area contributed by atoms with E-state index in [1.165, 1.54) is 16.8 Å². The third-order valence-corrected chi connectivity index (χ3v) is 6.24. The second-order valence-corrected chi connectivity index (χ2v) is 9.28. The summed E-state index contributed by atoms with van der Waals surface area (Å²) in [5, 5.41) is 0. The van der Waals surface area contributed by atoms with Crippen LogP contribution in [0.3, 0.4) is 0 Å². The number of ether oxygens (including phenoxy) is 3. The maximum absolute atomic E-state index is 5.93. The molecule has 0 atom stereocenters. The number of nitrogens with zero attached hydrogens (tertiary/aromatic N) is 2. The molecule has 1 heterocycles. The van der Waals surface area contributed by atoms with Crippen LogP contribution in [0.2, 0.25) is 0 Å². The zero-order chi connectivity index (χ0) is 25.0. The minimum absolute atomic E-state index is 0.0393. The van der Waals surface area contributed by atoms with Gasteiger partial charge in [-0.15, -0.1) is 0 Å². The fraction of sp³-hybridized carbons (Fsp3) is 0.300. The van der Waals surface area contributed by atoms with Crippen LogP contribution in [0.15, 0.2) is 71.7 Å². The number of rotatable bonds is 8. The Morgan fingerprint density at radius 2 is 1.66 bits per heavy atom. The predicted octanol–water partition coefficient (Wildman–Crippen LogP) is 7.66. The van der Waals surface area contributed by atoms with Gasteiger partial charge in [0, 0.05) is 41.7 Å². The van der Waals surface area contributed by atoms with Gasteiger partial charge in [0.15, 0.2) is 0 Å². The van der Waals surface area contributed by atoms with Crippen molar-refractivity contribution in [2.24, 2.45) is 4.99 Å². The zero-order valence-corrected chi connectivity index (χ0v) is 21.5. The Morgan fingerprint density at radius 3 is 2.34 bits per heavy atom. The molecule has 0 aromatic heterocycles. The SMILES string of the molecule is CCCN1c2cc(OC)c(C=Nc3ccc(Oc4cccc(OC)c4)cc3)cc2C(C)=CC1(C)C. The molecule has 5 nitrogen and oxygen atoms in total. The number of hydrogen-bond donors (Lipinski definition) is 0. The number of benzene rings is 3. The van der Waals surface area contributed by atoms with Crippen LogP contribution in [0.1, 0.15) is 45.2 Å². The Bertz CT molecular complexity index is 1240. The summed E-state index contributed by atoms with van der Waals surface area (Å²) >= 11 is 0. The fourth-order valence-corrected chi connectivity index (χ4v) is 4.58. The van der Waals surface area contributed by atoms with E-state index >= 15 is 0 Å². The summed E-state index contributed by atoms with van der Waals surface area (Å²) in [6, 6.07) is 19.6. The maximum Gasteiger partial charge on any atom is 0.131 e. The van der Waals surface area contributed by atoms with Crippen LogP contribution in [0.5, 0.6) is 23.0 Å². The van der Waals surface area contributed by atoms with E-state index in [9.17, 15) is 0 Å². The molecule has 4 rings (SSSR count). The van der Waals surface area contributed by atoms with Gasteiger partial charge >= 0.3 is 0 Å². The van der Waals surface area contributed by atoms with Crippen molar-refractivity contribution in [1.82, 2.24) is 0 Å². The molecular weight excluding hydrogens is 436 g/mol. The van der Waals surface area contributed by atoms with E-state index in [0.29, 0.717) is 0 Å². The van der Waals surface area contributed by atoms with Gasteiger partial charge < -0.3 is 19.1 Å². The van der Waals surface area contributed by atoms with Crippen molar-refractivity contribution in [2.75, 3.05) is 25.7 Å². The van der Waals surface area contributed by atoms with Crippen LogP contribution in [0, 0.1) is 0 Å². The van der Waals surface area contributed by atoms with Crippen LogP contribution in [0.25, 0.3) is 5.57 Å². The summed E-state index contributed by atoms with van der Waals surface area (Å²) in [6.07, 6.45) is 5.30. The van der Waals surface area contributed by atoms with Gasteiger partial charge in [0.1, 0.15) is 23.0 Å². The highest BCUT2D eigenvalue weighted by molar-refractivity contribution is 5.92. The summed E-state index contributed by atoms with van der Waals surface area (Å²) in [4.78, 5) is 7.16. The monoisotopic (exact) mass is 470 g/mol. The van der Waals surface area contributed by atoms with Gasteiger partial charge in [-0.05, 0) is 75.2 Å². The van der Waals surface area contributed by atoms with Crippen LogP contribution < -0.4 is 19.1 Å². The minimum Gasteiger partial charge on any atom is -0.497 e. The molecule has 0 radical (unpaired) electrons. The third-order valence-electron chi connectivity index (χ3n) is 6.24. The fourth-order valence-electron chi connectivity index (χ4n) is 4.58. The van der Waals surface area contributed by atoms with Gasteiger partial charge in [-0.1, -0.05) is 19.1 Å². The van der Waals surface area contributed by atoms with Gasteiger partial charge in [-0.3, -0.25) is 4.99 Å². The average Bonchev–Trinajstić information content (AvgIpc) is 2.85. The van der Waals surface area contributed by atoms with Gasteiger partial charge in [0.25, 0.3) is 0 Å². The average molecular weight is 471 g/mol. The predicted molar refractivity (Wildman–Crippen MR) is 145 cm³/mol. The largest absolute Gasteiger partial charge is 0.497 e. The van der Waals surface area contributed by atoms with E-state index in [0.717, 1.165) is 47.2 Å². The summed E-state index contributed by atoms with van der Waals surface area (Å²) in [5.74, 6) is 3.04. The number of anilines is 1. The van der Waals surface area contributed by atoms with E-state index in [1.807, 2.05) is 54.7 Å². The Labute approximate surface area is 208 Å². The van der Waals surface area contributed by atoms with Gasteiger partial charge in [-0.2, -0.15) is 0 Å². The molecule has 0 bridgehead atoms. The first-order valence-electron chi connectivity index (χ1n) is 12.0. The second-order valence-electron chi connectivity index (χ2n) is 9.28. The molecule has 1 aliphatic heterocycles. The molecule has 5 heteroatoms. The topological polar surface area (TPSA) is 43.3 Å². The summed E-state index contributed by atoms with van der Waals surface area (Å²) in [6.45, 7) is 9.91. The quantitative estimate of drug-likeness (QED) is 0.317. The molecule has 3 aromatic rings. The van der Waals surface area contributed by atoms with E-state index < -0.39 is 0 Å². The second kappa shape index (κ2) is 10.3. The maximum atomic E-state index is 5.93. The number of fused-ring (bicyclic) bond motifs is 1. The molecule has 0 saturated carbocycles. The molecule has 0 N–H and O–H groups in total. The van der Waals surface area contributed by atoms with Gasteiger partial charge in [0.2, 0.25) is 0 Å². The highest BCUT2D eigenvalue weighted by atomic mass is 16.5. The van der Waals surface area contributed by atoms with Crippen molar-refractivity contribution in [1.29, 1.82) is 0 Å². The first-order valence-corrected chi connectivity index (χ1v) is 12.0. The normalized spacial score (nSPS) is 14.5. The molecule has 3 aromatic carbocycles. The standard InChI is InChI=1S/C30H34N2O3/c1-7-15-32-28-18-29(34-6)22(16-27(28)21(2)19-30(32,3)4)20-31-23-11-13-24(14-12-23)35-26-10-8-9-25(17-26)33-5/h8-14,16-20H,7,15H2,1-6H3. The lowest BCUT2D eigenvalue weighted by molar-refractivity contribution is 0.409. The van der Waals surface area contributed by atoms with E-state index in [4.69, 9.17) is 19.2 Å². The molecule has 0 amide bonds. The summed E-state index contributed by atoms with van der Waals surface area (Å²) in [7, 11) is 3.35. The molecule has 0 unspecified atom stereocenters. The molecule has 0 spiro atoms. The van der Waals surface area contributed by atoms with Gasteiger partial charge in [0.05, 0.1) is 25.4 Å². The van der Waals surface area contributed by atoms with Crippen molar-refractivity contribution in [3.63, 3.8) is 0 Å². The molecular formula is C30H34N2O3. The highest BCUT2D eigenvalue weighted by Gasteiger charge is 2.31. The number of allylic oxidation sites excluding steroid dienone is 1. The lowest BCUT2D eigenvalue weighted by atomic mass is 9.87. The number of hydrogen-bond acceptors (Lipinski definition) is 5. The van der Waals surface area contributed by atoms with Crippen molar-refractivity contribution in [3.05, 3.63) is 77.9 Å². The van der Waals surface area contributed by atoms with Crippen molar-refractivity contribution in [2.45, 2.75) is 39.7 Å². The molecule has 0 saturated heterocycles. The smallest absolute Gasteiger partial charge is 0.131 e. The van der Waals surface area contributed by atoms with Gasteiger partial charge in [-0.25, -0.2) is 0 Å². The van der Waals surface area contributed by atoms with Crippen LogP contribution in [-0.2, 0) is 0 Å². The Balaban J connectivity index is 1.58. The first kappa shape index (κ1) is 24.4. The van der Waals surface area contributed by atoms with E-state index in [-0.39, 0.29) is 5.54 Å². The molecule has 0 aliphatic carbocycles.